The van der Waals surface area contributed by atoms with E-state index in [1.165, 1.54) is 0 Å². The van der Waals surface area contributed by atoms with E-state index in [9.17, 15) is 5.11 Å². The van der Waals surface area contributed by atoms with E-state index in [4.69, 9.17) is 11.6 Å². The number of nitrogens with zero attached hydrogens (tertiary/aromatic N) is 4. The van der Waals surface area contributed by atoms with Gasteiger partial charge in [-0.25, -0.2) is 4.98 Å². The second kappa shape index (κ2) is 6.16. The van der Waals surface area contributed by atoms with E-state index >= 15 is 0 Å². The van der Waals surface area contributed by atoms with Crippen molar-refractivity contribution in [2.24, 2.45) is 0 Å². The van der Waals surface area contributed by atoms with Crippen molar-refractivity contribution in [3.05, 3.63) is 11.6 Å². The van der Waals surface area contributed by atoms with Crippen LogP contribution in [0.15, 0.2) is 6.33 Å². The molecule has 6 nitrogen and oxygen atoms in total. The number of hydrogen-bond donors (Lipinski definition) is 2. The Kier molecular flexibility index (Phi) is 4.55. The van der Waals surface area contributed by atoms with Crippen molar-refractivity contribution < 1.29 is 5.11 Å². The Balaban J connectivity index is 2.51. The third kappa shape index (κ3) is 2.79. The first-order chi connectivity index (χ1) is 9.21. The van der Waals surface area contributed by atoms with Crippen molar-refractivity contribution in [1.82, 2.24) is 19.9 Å². The maximum absolute atomic E-state index is 9.29. The summed E-state index contributed by atoms with van der Waals surface area (Å²) in [6, 6.07) is 0.296. The number of aromatic amines is 1. The fraction of sp³-hybridized carbons (Fsp3) is 0.583. The number of anilines is 1. The van der Waals surface area contributed by atoms with Crippen molar-refractivity contribution in [2.75, 3.05) is 18.1 Å². The Bertz CT molecular complexity index is 540. The van der Waals surface area contributed by atoms with Gasteiger partial charge >= 0.3 is 0 Å². The lowest BCUT2D eigenvalue weighted by Crippen LogP contribution is -2.37. The number of imidazole rings is 1. The molecule has 2 aromatic rings. The van der Waals surface area contributed by atoms with Gasteiger partial charge in [0.1, 0.15) is 5.52 Å². The molecule has 0 saturated heterocycles. The minimum atomic E-state index is 0.0632. The number of hydrogen-bond acceptors (Lipinski definition) is 5. The maximum Gasteiger partial charge on any atom is 0.226 e. The number of halogens is 1. The number of rotatable bonds is 6. The van der Waals surface area contributed by atoms with Crippen LogP contribution in [0.4, 0.5) is 5.82 Å². The first-order valence-electron chi connectivity index (χ1n) is 6.45. The number of fused-ring (bicyclic) bond motifs is 1. The molecule has 0 saturated carbocycles. The molecule has 2 heterocycles. The van der Waals surface area contributed by atoms with Crippen molar-refractivity contribution >= 4 is 28.6 Å². The highest BCUT2D eigenvalue weighted by molar-refractivity contribution is 6.28. The van der Waals surface area contributed by atoms with E-state index in [-0.39, 0.29) is 11.9 Å². The number of nitrogens with one attached hydrogen (secondary N) is 1. The largest absolute Gasteiger partial charge is 0.395 e. The summed E-state index contributed by atoms with van der Waals surface area (Å²) in [5, 5.41) is 9.46. The van der Waals surface area contributed by atoms with Gasteiger partial charge < -0.3 is 15.0 Å². The summed E-state index contributed by atoms with van der Waals surface area (Å²) in [4.78, 5) is 17.6. The van der Waals surface area contributed by atoms with Crippen molar-refractivity contribution in [3.63, 3.8) is 0 Å². The quantitative estimate of drug-likeness (QED) is 0.793. The van der Waals surface area contributed by atoms with Crippen LogP contribution in [0, 0.1) is 0 Å². The van der Waals surface area contributed by atoms with Crippen LogP contribution in [0.1, 0.15) is 26.7 Å². The topological polar surface area (TPSA) is 77.9 Å². The molecule has 0 unspecified atom stereocenters. The molecule has 19 heavy (non-hydrogen) atoms. The van der Waals surface area contributed by atoms with Gasteiger partial charge in [0.2, 0.25) is 5.28 Å². The van der Waals surface area contributed by atoms with Gasteiger partial charge in [0.15, 0.2) is 11.5 Å². The van der Waals surface area contributed by atoms with E-state index in [2.05, 4.69) is 38.7 Å². The number of aliphatic hydroxyl groups excluding tert-OH is 1. The zero-order valence-corrected chi connectivity index (χ0v) is 11.9. The smallest absolute Gasteiger partial charge is 0.226 e. The lowest BCUT2D eigenvalue weighted by molar-refractivity contribution is 0.295. The minimum Gasteiger partial charge on any atom is -0.395 e. The van der Waals surface area contributed by atoms with Gasteiger partial charge in [-0.3, -0.25) is 0 Å². The summed E-state index contributed by atoms with van der Waals surface area (Å²) in [7, 11) is 0. The molecule has 0 amide bonds. The molecule has 0 atom stereocenters. The highest BCUT2D eigenvalue weighted by atomic mass is 35.5. The van der Waals surface area contributed by atoms with E-state index in [1.54, 1.807) is 6.33 Å². The van der Waals surface area contributed by atoms with Crippen molar-refractivity contribution in [2.45, 2.75) is 32.7 Å². The van der Waals surface area contributed by atoms with E-state index in [0.29, 0.717) is 24.1 Å². The highest BCUT2D eigenvalue weighted by Gasteiger charge is 2.21. The third-order valence-electron chi connectivity index (χ3n) is 3.24. The Morgan fingerprint density at radius 2 is 2.11 bits per heavy atom. The second-order valence-electron chi connectivity index (χ2n) is 4.30. The molecular formula is C12H18ClN5O. The molecule has 0 fully saturated rings. The van der Waals surface area contributed by atoms with Crippen LogP contribution in [-0.4, -0.2) is 44.2 Å². The summed E-state index contributed by atoms with van der Waals surface area (Å²) < 4.78 is 0. The van der Waals surface area contributed by atoms with Crippen LogP contribution in [0.25, 0.3) is 11.2 Å². The Labute approximate surface area is 116 Å². The Morgan fingerprint density at radius 1 is 1.37 bits per heavy atom. The van der Waals surface area contributed by atoms with E-state index in [1.807, 2.05) is 0 Å². The molecule has 7 heteroatoms. The van der Waals surface area contributed by atoms with Gasteiger partial charge in [0.25, 0.3) is 0 Å². The predicted molar refractivity (Wildman–Crippen MR) is 75.5 cm³/mol. The zero-order valence-electron chi connectivity index (χ0n) is 11.1. The van der Waals surface area contributed by atoms with Crippen LogP contribution in [0.2, 0.25) is 5.28 Å². The van der Waals surface area contributed by atoms with Gasteiger partial charge in [0, 0.05) is 12.6 Å². The van der Waals surface area contributed by atoms with Gasteiger partial charge in [0.05, 0.1) is 12.9 Å². The number of aliphatic hydroxyl groups is 1. The Hall–Kier alpha value is -1.40. The van der Waals surface area contributed by atoms with Crippen LogP contribution < -0.4 is 4.90 Å². The number of H-pyrrole nitrogens is 1. The average Bonchev–Trinajstić information content (AvgIpc) is 2.86. The predicted octanol–water partition coefficient (Wildman–Crippen LogP) is 1.99. The van der Waals surface area contributed by atoms with Gasteiger partial charge in [-0.1, -0.05) is 13.8 Å². The normalized spacial score (nSPS) is 11.4. The molecular weight excluding hydrogens is 266 g/mol. The van der Waals surface area contributed by atoms with E-state index < -0.39 is 0 Å². The molecule has 0 aromatic carbocycles. The lowest BCUT2D eigenvalue weighted by Gasteiger charge is -2.31. The number of aromatic nitrogens is 4. The van der Waals surface area contributed by atoms with E-state index in [0.717, 1.165) is 18.4 Å². The van der Waals surface area contributed by atoms with Crippen LogP contribution in [0.3, 0.4) is 0 Å². The SMILES string of the molecule is CCC(CC)N(CCO)c1nc(Cl)nc2nc[nH]c12. The second-order valence-corrected chi connectivity index (χ2v) is 4.64. The van der Waals surface area contributed by atoms with Gasteiger partial charge in [-0.2, -0.15) is 9.97 Å². The highest BCUT2D eigenvalue weighted by Crippen LogP contribution is 2.25. The van der Waals surface area contributed by atoms with Crippen LogP contribution in [-0.2, 0) is 0 Å². The Morgan fingerprint density at radius 3 is 2.74 bits per heavy atom. The molecule has 104 valence electrons. The molecule has 2 N–H and O–H groups in total. The summed E-state index contributed by atoms with van der Waals surface area (Å²) in [5.74, 6) is 0.704. The molecule has 0 bridgehead atoms. The first kappa shape index (κ1) is 14.0. The van der Waals surface area contributed by atoms with Crippen molar-refractivity contribution in [3.8, 4) is 0 Å². The molecule has 2 rings (SSSR count). The van der Waals surface area contributed by atoms with Gasteiger partial charge in [-0.15, -0.1) is 0 Å². The summed E-state index contributed by atoms with van der Waals surface area (Å²) in [5.41, 5.74) is 1.30. The molecule has 0 aliphatic carbocycles. The molecule has 0 aliphatic rings. The van der Waals surface area contributed by atoms with Crippen LogP contribution >= 0.6 is 11.6 Å². The lowest BCUT2D eigenvalue weighted by atomic mass is 10.1. The molecule has 2 aromatic heterocycles. The maximum atomic E-state index is 9.29. The zero-order chi connectivity index (χ0) is 13.8. The molecule has 0 radical (unpaired) electrons. The average molecular weight is 284 g/mol. The minimum absolute atomic E-state index is 0.0632. The summed E-state index contributed by atoms with van der Waals surface area (Å²) in [6.07, 6.45) is 3.50. The molecule has 0 spiro atoms. The van der Waals surface area contributed by atoms with Gasteiger partial charge in [-0.05, 0) is 24.4 Å². The summed E-state index contributed by atoms with van der Waals surface area (Å²) >= 11 is 5.95. The summed E-state index contributed by atoms with van der Waals surface area (Å²) in [6.45, 7) is 4.80. The molecule has 0 aliphatic heterocycles. The monoisotopic (exact) mass is 283 g/mol. The third-order valence-corrected chi connectivity index (χ3v) is 3.40. The fourth-order valence-electron chi connectivity index (χ4n) is 2.30. The van der Waals surface area contributed by atoms with Crippen LogP contribution in [0.5, 0.6) is 0 Å². The van der Waals surface area contributed by atoms with Crippen molar-refractivity contribution in [1.29, 1.82) is 0 Å². The standard InChI is InChI=1S/C12H18ClN5O/c1-3-8(4-2)18(5-6-19)11-9-10(15-7-14-9)16-12(13)17-11/h7-8,19H,3-6H2,1-2H3,(H,14,15,16,17). The first-order valence-corrected chi connectivity index (χ1v) is 6.83. The fourth-order valence-corrected chi connectivity index (χ4v) is 2.46.